The van der Waals surface area contributed by atoms with Crippen molar-refractivity contribution in [3.63, 3.8) is 0 Å². The summed E-state index contributed by atoms with van der Waals surface area (Å²) in [7, 11) is 0. The fourth-order valence-corrected chi connectivity index (χ4v) is 2.14. The van der Waals surface area contributed by atoms with E-state index in [-0.39, 0.29) is 19.6 Å². The highest BCUT2D eigenvalue weighted by molar-refractivity contribution is 9.10. The van der Waals surface area contributed by atoms with Crippen molar-refractivity contribution in [3.05, 3.63) is 58.6 Å². The fraction of sp³-hybridized carbons (Fsp3) is 0.167. The number of nitriles is 1. The first-order chi connectivity index (χ1) is 12.1. The van der Waals surface area contributed by atoms with E-state index in [1.807, 2.05) is 24.3 Å². The highest BCUT2D eigenvalue weighted by Gasteiger charge is 2.08. The van der Waals surface area contributed by atoms with Crippen LogP contribution in [0.25, 0.3) is 0 Å². The van der Waals surface area contributed by atoms with Gasteiger partial charge in [0.05, 0.1) is 11.6 Å². The summed E-state index contributed by atoms with van der Waals surface area (Å²) in [5.74, 6) is -0.186. The van der Waals surface area contributed by atoms with Crippen molar-refractivity contribution in [2.24, 2.45) is 0 Å². The van der Waals surface area contributed by atoms with Crippen molar-refractivity contribution in [2.45, 2.75) is 6.42 Å². The summed E-state index contributed by atoms with van der Waals surface area (Å²) in [5, 5.41) is 11.0. The van der Waals surface area contributed by atoms with Crippen LogP contribution in [0, 0.1) is 11.3 Å². The molecule has 2 aromatic carbocycles. The van der Waals surface area contributed by atoms with Gasteiger partial charge in [0.25, 0.3) is 0 Å². The first kappa shape index (κ1) is 18.5. The van der Waals surface area contributed by atoms with E-state index in [0.717, 1.165) is 4.47 Å². The topological polar surface area (TPSA) is 88.4 Å². The minimum atomic E-state index is -0.477. The standard InChI is InChI=1S/C18H15BrN2O4/c19-14-3-7-16(8-4-14)24-11-12-25-18(23)13-1-5-15(6-2-13)21-17(22)9-10-20/h1-8H,9,11-12H2,(H,21,22). The number of hydrogen-bond donors (Lipinski definition) is 1. The number of benzene rings is 2. The molecule has 128 valence electrons. The molecule has 0 aliphatic heterocycles. The lowest BCUT2D eigenvalue weighted by molar-refractivity contribution is -0.115. The van der Waals surface area contributed by atoms with Crippen molar-refractivity contribution >= 4 is 33.5 Å². The predicted molar refractivity (Wildman–Crippen MR) is 95.2 cm³/mol. The van der Waals surface area contributed by atoms with E-state index in [2.05, 4.69) is 21.2 Å². The fourth-order valence-electron chi connectivity index (χ4n) is 1.87. The average molecular weight is 403 g/mol. The van der Waals surface area contributed by atoms with Gasteiger partial charge in [-0.1, -0.05) is 15.9 Å². The van der Waals surface area contributed by atoms with Crippen LogP contribution in [-0.2, 0) is 9.53 Å². The number of amides is 1. The highest BCUT2D eigenvalue weighted by atomic mass is 79.9. The normalized spacial score (nSPS) is 9.76. The number of esters is 1. The lowest BCUT2D eigenvalue weighted by atomic mass is 10.2. The molecule has 0 heterocycles. The summed E-state index contributed by atoms with van der Waals surface area (Å²) in [4.78, 5) is 23.2. The van der Waals surface area contributed by atoms with Gasteiger partial charge in [-0.15, -0.1) is 0 Å². The van der Waals surface area contributed by atoms with E-state index in [4.69, 9.17) is 14.7 Å². The summed E-state index contributed by atoms with van der Waals surface area (Å²) in [6, 6.07) is 15.3. The van der Waals surface area contributed by atoms with Gasteiger partial charge in [0, 0.05) is 10.2 Å². The third-order valence-corrected chi connectivity index (χ3v) is 3.57. The van der Waals surface area contributed by atoms with E-state index >= 15 is 0 Å². The number of hydrogen-bond acceptors (Lipinski definition) is 5. The molecule has 0 bridgehead atoms. The summed E-state index contributed by atoms with van der Waals surface area (Å²) in [5.41, 5.74) is 0.872. The number of ether oxygens (including phenoxy) is 2. The molecule has 0 fully saturated rings. The van der Waals surface area contributed by atoms with Crippen molar-refractivity contribution in [3.8, 4) is 11.8 Å². The van der Waals surface area contributed by atoms with Crippen LogP contribution in [-0.4, -0.2) is 25.1 Å². The summed E-state index contributed by atoms with van der Waals surface area (Å²) >= 11 is 3.34. The second-order valence-corrected chi connectivity index (χ2v) is 5.81. The van der Waals surface area contributed by atoms with Crippen LogP contribution in [0.2, 0.25) is 0 Å². The SMILES string of the molecule is N#CCC(=O)Nc1ccc(C(=O)OCCOc2ccc(Br)cc2)cc1. The zero-order valence-corrected chi connectivity index (χ0v) is 14.8. The Labute approximate surface area is 153 Å². The number of carbonyl (C=O) groups is 2. The second-order valence-electron chi connectivity index (χ2n) is 4.90. The maximum absolute atomic E-state index is 11.9. The maximum atomic E-state index is 11.9. The first-order valence-electron chi connectivity index (χ1n) is 7.41. The van der Waals surface area contributed by atoms with Gasteiger partial charge in [0.15, 0.2) is 0 Å². The molecule has 0 aliphatic rings. The Kier molecular flexibility index (Phi) is 6.99. The first-order valence-corrected chi connectivity index (χ1v) is 8.20. The molecule has 1 amide bonds. The zero-order chi connectivity index (χ0) is 18.1. The van der Waals surface area contributed by atoms with E-state index in [1.54, 1.807) is 30.3 Å². The van der Waals surface area contributed by atoms with Crippen molar-refractivity contribution in [1.29, 1.82) is 5.26 Å². The van der Waals surface area contributed by atoms with Crippen LogP contribution < -0.4 is 10.1 Å². The Bertz CT molecular complexity index is 767. The average Bonchev–Trinajstić information content (AvgIpc) is 2.61. The van der Waals surface area contributed by atoms with E-state index < -0.39 is 11.9 Å². The van der Waals surface area contributed by atoms with Crippen LogP contribution in [0.3, 0.4) is 0 Å². The lowest BCUT2D eigenvalue weighted by Crippen LogP contribution is -2.13. The van der Waals surface area contributed by atoms with Gasteiger partial charge in [0.1, 0.15) is 25.4 Å². The summed E-state index contributed by atoms with van der Waals surface area (Å²) < 4.78 is 11.5. The summed E-state index contributed by atoms with van der Waals surface area (Å²) in [6.07, 6.45) is -0.220. The number of halogens is 1. The Hall–Kier alpha value is -2.85. The molecule has 0 unspecified atom stereocenters. The maximum Gasteiger partial charge on any atom is 0.338 e. The Morgan fingerprint density at radius 3 is 2.36 bits per heavy atom. The largest absolute Gasteiger partial charge is 0.490 e. The molecule has 0 atom stereocenters. The van der Waals surface area contributed by atoms with Gasteiger partial charge in [-0.05, 0) is 48.5 Å². The number of anilines is 1. The van der Waals surface area contributed by atoms with Crippen LogP contribution in [0.15, 0.2) is 53.0 Å². The van der Waals surface area contributed by atoms with Gasteiger partial charge in [-0.25, -0.2) is 4.79 Å². The minimum Gasteiger partial charge on any atom is -0.490 e. The van der Waals surface area contributed by atoms with Crippen molar-refractivity contribution < 1.29 is 19.1 Å². The molecule has 2 aromatic rings. The highest BCUT2D eigenvalue weighted by Crippen LogP contribution is 2.16. The summed E-state index contributed by atoms with van der Waals surface area (Å²) in [6.45, 7) is 0.366. The number of nitrogens with zero attached hydrogens (tertiary/aromatic N) is 1. The van der Waals surface area contributed by atoms with Gasteiger partial charge < -0.3 is 14.8 Å². The van der Waals surface area contributed by atoms with Crippen LogP contribution >= 0.6 is 15.9 Å². The van der Waals surface area contributed by atoms with Crippen LogP contribution in [0.5, 0.6) is 5.75 Å². The molecule has 0 saturated carbocycles. The van der Waals surface area contributed by atoms with E-state index in [1.165, 1.54) is 0 Å². The Morgan fingerprint density at radius 1 is 1.04 bits per heavy atom. The van der Waals surface area contributed by atoms with Crippen LogP contribution in [0.4, 0.5) is 5.69 Å². The van der Waals surface area contributed by atoms with Gasteiger partial charge in [-0.2, -0.15) is 5.26 Å². The zero-order valence-electron chi connectivity index (χ0n) is 13.2. The molecule has 6 nitrogen and oxygen atoms in total. The van der Waals surface area contributed by atoms with E-state index in [9.17, 15) is 9.59 Å². The van der Waals surface area contributed by atoms with Crippen LogP contribution in [0.1, 0.15) is 16.8 Å². The molecule has 0 saturated heterocycles. The smallest absolute Gasteiger partial charge is 0.338 e. The molecule has 0 radical (unpaired) electrons. The molecule has 2 rings (SSSR count). The predicted octanol–water partition coefficient (Wildman–Crippen LogP) is 3.54. The van der Waals surface area contributed by atoms with Gasteiger partial charge in [-0.3, -0.25) is 4.79 Å². The third kappa shape index (κ3) is 6.28. The number of rotatable bonds is 7. The monoisotopic (exact) mass is 402 g/mol. The molecular formula is C18H15BrN2O4. The molecule has 1 N–H and O–H groups in total. The molecule has 7 heteroatoms. The van der Waals surface area contributed by atoms with E-state index in [0.29, 0.717) is 17.0 Å². The second kappa shape index (κ2) is 9.45. The van der Waals surface area contributed by atoms with Gasteiger partial charge in [0.2, 0.25) is 5.91 Å². The molecular weight excluding hydrogens is 388 g/mol. The quantitative estimate of drug-likeness (QED) is 0.565. The number of carbonyl (C=O) groups excluding carboxylic acids is 2. The molecule has 0 spiro atoms. The third-order valence-electron chi connectivity index (χ3n) is 3.04. The Morgan fingerprint density at radius 2 is 1.72 bits per heavy atom. The van der Waals surface area contributed by atoms with Crippen molar-refractivity contribution in [2.75, 3.05) is 18.5 Å². The van der Waals surface area contributed by atoms with Crippen molar-refractivity contribution in [1.82, 2.24) is 0 Å². The molecule has 25 heavy (non-hydrogen) atoms. The Balaban J connectivity index is 1.76. The molecule has 0 aromatic heterocycles. The lowest BCUT2D eigenvalue weighted by Gasteiger charge is -2.08. The minimum absolute atomic E-state index is 0.121. The number of nitrogens with one attached hydrogen (secondary N) is 1. The molecule has 0 aliphatic carbocycles. The van der Waals surface area contributed by atoms with Gasteiger partial charge >= 0.3 is 5.97 Å².